The summed E-state index contributed by atoms with van der Waals surface area (Å²) in [6.07, 6.45) is 0. The van der Waals surface area contributed by atoms with Crippen molar-refractivity contribution in [1.29, 1.82) is 0 Å². The summed E-state index contributed by atoms with van der Waals surface area (Å²) < 4.78 is 0. The van der Waals surface area contributed by atoms with E-state index in [9.17, 15) is 0 Å². The minimum Gasteiger partial charge on any atom is -0.311 e. The fraction of sp³-hybridized carbons (Fsp3) is 0.600. The lowest BCUT2D eigenvalue weighted by molar-refractivity contribution is 0.266. The van der Waals surface area contributed by atoms with E-state index in [4.69, 9.17) is 0 Å². The van der Waals surface area contributed by atoms with E-state index in [2.05, 4.69) is 68.2 Å². The lowest BCUT2D eigenvalue weighted by Gasteiger charge is -2.25. The van der Waals surface area contributed by atoms with Gasteiger partial charge in [-0.1, -0.05) is 37.3 Å². The SMILES string of the molecule is CCN(CCNC(C)(C)C)Cc1ccccc1. The van der Waals surface area contributed by atoms with Gasteiger partial charge in [0.25, 0.3) is 0 Å². The van der Waals surface area contributed by atoms with E-state index in [1.165, 1.54) is 5.56 Å². The number of nitrogens with zero attached hydrogens (tertiary/aromatic N) is 1. The van der Waals surface area contributed by atoms with Crippen LogP contribution in [-0.2, 0) is 6.54 Å². The third-order valence-electron chi connectivity index (χ3n) is 2.78. The van der Waals surface area contributed by atoms with Gasteiger partial charge in [-0.15, -0.1) is 0 Å². The average Bonchev–Trinajstić information content (AvgIpc) is 2.27. The second-order valence-electron chi connectivity index (χ2n) is 5.53. The molecule has 2 heteroatoms. The van der Waals surface area contributed by atoms with Crippen LogP contribution in [0.2, 0.25) is 0 Å². The highest BCUT2D eigenvalue weighted by atomic mass is 15.1. The van der Waals surface area contributed by atoms with Crippen molar-refractivity contribution in [2.24, 2.45) is 0 Å². The van der Waals surface area contributed by atoms with Crippen molar-refractivity contribution in [1.82, 2.24) is 10.2 Å². The molecule has 0 aliphatic carbocycles. The van der Waals surface area contributed by atoms with Gasteiger partial charge < -0.3 is 5.32 Å². The molecule has 0 atom stereocenters. The predicted molar refractivity (Wildman–Crippen MR) is 75.1 cm³/mol. The molecule has 0 amide bonds. The maximum atomic E-state index is 3.53. The van der Waals surface area contributed by atoms with Gasteiger partial charge in [0, 0.05) is 25.2 Å². The van der Waals surface area contributed by atoms with Crippen molar-refractivity contribution in [3.05, 3.63) is 35.9 Å². The molecule has 0 aliphatic rings. The Balaban J connectivity index is 2.34. The van der Waals surface area contributed by atoms with Crippen LogP contribution < -0.4 is 5.32 Å². The van der Waals surface area contributed by atoms with Crippen LogP contribution in [0, 0.1) is 0 Å². The Morgan fingerprint density at radius 3 is 2.29 bits per heavy atom. The Bertz CT molecular complexity index is 300. The van der Waals surface area contributed by atoms with Crippen LogP contribution in [0.4, 0.5) is 0 Å². The van der Waals surface area contributed by atoms with Crippen LogP contribution in [0.1, 0.15) is 33.3 Å². The normalized spacial score (nSPS) is 12.1. The van der Waals surface area contributed by atoms with Gasteiger partial charge in [-0.2, -0.15) is 0 Å². The van der Waals surface area contributed by atoms with Crippen molar-refractivity contribution in [2.75, 3.05) is 19.6 Å². The molecule has 0 heterocycles. The zero-order valence-corrected chi connectivity index (χ0v) is 11.7. The number of hydrogen-bond donors (Lipinski definition) is 1. The zero-order valence-electron chi connectivity index (χ0n) is 11.7. The minimum atomic E-state index is 0.214. The molecule has 0 bridgehead atoms. The first-order valence-corrected chi connectivity index (χ1v) is 6.52. The summed E-state index contributed by atoms with van der Waals surface area (Å²) in [7, 11) is 0. The van der Waals surface area contributed by atoms with E-state index in [0.717, 1.165) is 26.2 Å². The van der Waals surface area contributed by atoms with E-state index < -0.39 is 0 Å². The van der Waals surface area contributed by atoms with Gasteiger partial charge in [0.2, 0.25) is 0 Å². The largest absolute Gasteiger partial charge is 0.311 e. The molecular formula is C15H26N2. The molecule has 0 spiro atoms. The first kappa shape index (κ1) is 14.2. The Morgan fingerprint density at radius 2 is 1.76 bits per heavy atom. The highest BCUT2D eigenvalue weighted by Gasteiger charge is 2.09. The van der Waals surface area contributed by atoms with Crippen LogP contribution in [0.3, 0.4) is 0 Å². The Labute approximate surface area is 106 Å². The fourth-order valence-corrected chi connectivity index (χ4v) is 1.78. The first-order chi connectivity index (χ1) is 8.01. The topological polar surface area (TPSA) is 15.3 Å². The van der Waals surface area contributed by atoms with Gasteiger partial charge in [-0.3, -0.25) is 4.90 Å². The molecule has 2 nitrogen and oxygen atoms in total. The zero-order chi connectivity index (χ0) is 12.7. The van der Waals surface area contributed by atoms with Crippen LogP contribution in [-0.4, -0.2) is 30.1 Å². The quantitative estimate of drug-likeness (QED) is 0.814. The summed E-state index contributed by atoms with van der Waals surface area (Å²) in [5.41, 5.74) is 1.61. The molecule has 0 saturated carbocycles. The van der Waals surface area contributed by atoms with E-state index in [1.807, 2.05) is 0 Å². The average molecular weight is 234 g/mol. The van der Waals surface area contributed by atoms with E-state index >= 15 is 0 Å². The number of hydrogen-bond acceptors (Lipinski definition) is 2. The van der Waals surface area contributed by atoms with Crippen LogP contribution in [0.5, 0.6) is 0 Å². The number of benzene rings is 1. The van der Waals surface area contributed by atoms with Crippen LogP contribution in [0.15, 0.2) is 30.3 Å². The molecule has 1 aromatic carbocycles. The maximum Gasteiger partial charge on any atom is 0.0234 e. The third kappa shape index (κ3) is 6.44. The first-order valence-electron chi connectivity index (χ1n) is 6.52. The van der Waals surface area contributed by atoms with Gasteiger partial charge >= 0.3 is 0 Å². The van der Waals surface area contributed by atoms with Crippen molar-refractivity contribution < 1.29 is 0 Å². The molecule has 1 N–H and O–H groups in total. The third-order valence-corrected chi connectivity index (χ3v) is 2.78. The van der Waals surface area contributed by atoms with Crippen molar-refractivity contribution in [2.45, 2.75) is 39.8 Å². The summed E-state index contributed by atoms with van der Waals surface area (Å²) >= 11 is 0. The number of likely N-dealkylation sites (N-methyl/N-ethyl adjacent to an activating group) is 1. The Hall–Kier alpha value is -0.860. The summed E-state index contributed by atoms with van der Waals surface area (Å²) in [6, 6.07) is 10.7. The molecule has 0 saturated heterocycles. The smallest absolute Gasteiger partial charge is 0.0234 e. The lowest BCUT2D eigenvalue weighted by Crippen LogP contribution is -2.41. The Morgan fingerprint density at radius 1 is 1.12 bits per heavy atom. The molecule has 96 valence electrons. The van der Waals surface area contributed by atoms with Crippen LogP contribution >= 0.6 is 0 Å². The Kier molecular flexibility index (Phi) is 5.66. The van der Waals surface area contributed by atoms with E-state index in [0.29, 0.717) is 0 Å². The molecule has 0 aliphatic heterocycles. The summed E-state index contributed by atoms with van der Waals surface area (Å²) in [5, 5.41) is 3.53. The fourth-order valence-electron chi connectivity index (χ4n) is 1.78. The standard InChI is InChI=1S/C15H26N2/c1-5-17(12-11-16-15(2,3)4)13-14-9-7-6-8-10-14/h6-10,16H,5,11-13H2,1-4H3. The molecule has 0 radical (unpaired) electrons. The van der Waals surface area contributed by atoms with Gasteiger partial charge in [-0.25, -0.2) is 0 Å². The molecule has 0 aromatic heterocycles. The molecule has 0 unspecified atom stereocenters. The summed E-state index contributed by atoms with van der Waals surface area (Å²) in [6.45, 7) is 13.1. The lowest BCUT2D eigenvalue weighted by atomic mass is 10.1. The monoisotopic (exact) mass is 234 g/mol. The highest BCUT2D eigenvalue weighted by molar-refractivity contribution is 5.14. The van der Waals surface area contributed by atoms with Gasteiger partial charge in [0.1, 0.15) is 0 Å². The van der Waals surface area contributed by atoms with E-state index in [1.54, 1.807) is 0 Å². The summed E-state index contributed by atoms with van der Waals surface area (Å²) in [5.74, 6) is 0. The minimum absolute atomic E-state index is 0.214. The molecule has 17 heavy (non-hydrogen) atoms. The van der Waals surface area contributed by atoms with E-state index in [-0.39, 0.29) is 5.54 Å². The van der Waals surface area contributed by atoms with Gasteiger partial charge in [-0.05, 0) is 32.9 Å². The second kappa shape index (κ2) is 6.77. The number of rotatable bonds is 6. The second-order valence-corrected chi connectivity index (χ2v) is 5.53. The maximum absolute atomic E-state index is 3.53. The van der Waals surface area contributed by atoms with Gasteiger partial charge in [0.15, 0.2) is 0 Å². The van der Waals surface area contributed by atoms with Crippen molar-refractivity contribution in [3.8, 4) is 0 Å². The predicted octanol–water partition coefficient (Wildman–Crippen LogP) is 2.90. The van der Waals surface area contributed by atoms with Crippen LogP contribution in [0.25, 0.3) is 0 Å². The van der Waals surface area contributed by atoms with Crippen molar-refractivity contribution in [3.63, 3.8) is 0 Å². The molecule has 0 fully saturated rings. The molecule has 1 rings (SSSR count). The molecule has 1 aromatic rings. The molecular weight excluding hydrogens is 208 g/mol. The number of nitrogens with one attached hydrogen (secondary N) is 1. The summed E-state index contributed by atoms with van der Waals surface area (Å²) in [4.78, 5) is 2.47. The van der Waals surface area contributed by atoms with Gasteiger partial charge in [0.05, 0.1) is 0 Å². The van der Waals surface area contributed by atoms with Crippen molar-refractivity contribution >= 4 is 0 Å². The highest BCUT2D eigenvalue weighted by Crippen LogP contribution is 2.04.